The summed E-state index contributed by atoms with van der Waals surface area (Å²) in [5, 5.41) is 6.92. The van der Waals surface area contributed by atoms with Gasteiger partial charge in [0.05, 0.1) is 0 Å². The molecule has 0 fully saturated rings. The molecule has 2 aromatic heterocycles. The van der Waals surface area contributed by atoms with E-state index in [1.807, 2.05) is 6.20 Å². The van der Waals surface area contributed by atoms with Crippen molar-refractivity contribution in [3.8, 4) is 0 Å². The minimum atomic E-state index is 0.500. The van der Waals surface area contributed by atoms with E-state index in [0.717, 1.165) is 5.82 Å². The third-order valence-electron chi connectivity index (χ3n) is 3.25. The number of pyridine rings is 1. The Labute approximate surface area is 113 Å². The Morgan fingerprint density at radius 1 is 1.28 bits per heavy atom. The van der Waals surface area contributed by atoms with Gasteiger partial charge in [-0.15, -0.1) is 11.3 Å². The third kappa shape index (κ3) is 3.45. The molecule has 2 rings (SSSR count). The van der Waals surface area contributed by atoms with Crippen LogP contribution in [-0.4, -0.2) is 11.0 Å². The van der Waals surface area contributed by atoms with E-state index in [4.69, 9.17) is 0 Å². The average molecular weight is 262 g/mol. The van der Waals surface area contributed by atoms with E-state index < -0.39 is 0 Å². The van der Waals surface area contributed by atoms with Crippen molar-refractivity contribution < 1.29 is 0 Å². The molecule has 0 saturated heterocycles. The molecule has 1 unspecified atom stereocenters. The van der Waals surface area contributed by atoms with Gasteiger partial charge in [0, 0.05) is 22.3 Å². The lowest BCUT2D eigenvalue weighted by molar-refractivity contribution is 0.593. The highest BCUT2D eigenvalue weighted by Gasteiger charge is 2.06. The van der Waals surface area contributed by atoms with Gasteiger partial charge in [-0.05, 0) is 30.9 Å². The molecule has 0 aliphatic carbocycles. The lowest BCUT2D eigenvalue weighted by atomic mass is 10.1. The summed E-state index contributed by atoms with van der Waals surface area (Å²) >= 11 is 1.77. The Morgan fingerprint density at radius 2 is 2.17 bits per heavy atom. The van der Waals surface area contributed by atoms with Gasteiger partial charge in [-0.1, -0.05) is 32.6 Å². The Hall–Kier alpha value is -1.09. The van der Waals surface area contributed by atoms with Gasteiger partial charge in [-0.25, -0.2) is 4.98 Å². The molecule has 0 bridgehead atoms. The minimum Gasteiger partial charge on any atom is -0.367 e. The molecule has 2 aromatic rings. The topological polar surface area (TPSA) is 24.9 Å². The van der Waals surface area contributed by atoms with E-state index >= 15 is 0 Å². The first-order valence-corrected chi connectivity index (χ1v) is 7.78. The van der Waals surface area contributed by atoms with E-state index in [9.17, 15) is 0 Å². The average Bonchev–Trinajstić information content (AvgIpc) is 2.84. The highest BCUT2D eigenvalue weighted by atomic mass is 32.1. The van der Waals surface area contributed by atoms with Crippen LogP contribution in [0.1, 0.15) is 46.0 Å². The zero-order chi connectivity index (χ0) is 12.8. The van der Waals surface area contributed by atoms with E-state index in [1.54, 1.807) is 11.3 Å². The number of rotatable bonds is 7. The molecule has 2 nitrogen and oxygen atoms in total. The number of hydrogen-bond donors (Lipinski definition) is 1. The van der Waals surface area contributed by atoms with Gasteiger partial charge in [0.25, 0.3) is 0 Å². The zero-order valence-corrected chi connectivity index (χ0v) is 12.1. The molecule has 98 valence electrons. The molecule has 0 amide bonds. The van der Waals surface area contributed by atoms with E-state index in [1.165, 1.54) is 42.2 Å². The molecule has 0 saturated carbocycles. The summed E-state index contributed by atoms with van der Waals surface area (Å²) in [7, 11) is 0. The van der Waals surface area contributed by atoms with Gasteiger partial charge < -0.3 is 5.32 Å². The van der Waals surface area contributed by atoms with Gasteiger partial charge in [0.2, 0.25) is 0 Å². The summed E-state index contributed by atoms with van der Waals surface area (Å²) in [6.07, 6.45) is 8.43. The maximum absolute atomic E-state index is 4.46. The van der Waals surface area contributed by atoms with Crippen LogP contribution >= 0.6 is 11.3 Å². The smallest absolute Gasteiger partial charge is 0.134 e. The van der Waals surface area contributed by atoms with E-state index in [-0.39, 0.29) is 0 Å². The first-order chi connectivity index (χ1) is 8.81. The predicted octanol–water partition coefficient (Wildman–Crippen LogP) is 5.07. The van der Waals surface area contributed by atoms with Crippen molar-refractivity contribution in [3.05, 3.63) is 23.7 Å². The van der Waals surface area contributed by atoms with Crippen LogP contribution in [0.2, 0.25) is 0 Å². The standard InChI is InChI=1S/C15H22N2S/c1-3-4-5-6-7-12(2)17-15-13-9-11-18-14(13)8-10-16-15/h8-12H,3-7H2,1-2H3,(H,16,17). The van der Waals surface area contributed by atoms with E-state index in [2.05, 4.69) is 41.7 Å². The molecule has 0 radical (unpaired) electrons. The summed E-state index contributed by atoms with van der Waals surface area (Å²) < 4.78 is 1.31. The molecule has 0 aliphatic rings. The summed E-state index contributed by atoms with van der Waals surface area (Å²) in [5.74, 6) is 1.04. The number of nitrogens with zero attached hydrogens (tertiary/aromatic N) is 1. The fourth-order valence-electron chi connectivity index (χ4n) is 2.19. The Balaban J connectivity index is 1.90. The molecular weight excluding hydrogens is 240 g/mol. The number of aromatic nitrogens is 1. The first-order valence-electron chi connectivity index (χ1n) is 6.90. The number of hydrogen-bond acceptors (Lipinski definition) is 3. The molecule has 2 heterocycles. The van der Waals surface area contributed by atoms with Crippen LogP contribution in [0.15, 0.2) is 23.7 Å². The van der Waals surface area contributed by atoms with Gasteiger partial charge in [0.1, 0.15) is 5.82 Å². The van der Waals surface area contributed by atoms with Crippen molar-refractivity contribution in [1.82, 2.24) is 4.98 Å². The van der Waals surface area contributed by atoms with Crippen LogP contribution in [-0.2, 0) is 0 Å². The second-order valence-electron chi connectivity index (χ2n) is 4.89. The largest absolute Gasteiger partial charge is 0.367 e. The number of anilines is 1. The molecule has 18 heavy (non-hydrogen) atoms. The lowest BCUT2D eigenvalue weighted by Gasteiger charge is -2.14. The summed E-state index contributed by atoms with van der Waals surface area (Å²) in [4.78, 5) is 4.46. The summed E-state index contributed by atoms with van der Waals surface area (Å²) in [6, 6.07) is 4.73. The van der Waals surface area contributed by atoms with Gasteiger partial charge >= 0.3 is 0 Å². The quantitative estimate of drug-likeness (QED) is 0.705. The van der Waals surface area contributed by atoms with Crippen molar-refractivity contribution in [3.63, 3.8) is 0 Å². The van der Waals surface area contributed by atoms with Crippen molar-refractivity contribution in [2.45, 2.75) is 52.0 Å². The number of nitrogens with one attached hydrogen (secondary N) is 1. The fourth-order valence-corrected chi connectivity index (χ4v) is 2.97. The molecule has 0 aliphatic heterocycles. The van der Waals surface area contributed by atoms with Gasteiger partial charge in [-0.2, -0.15) is 0 Å². The van der Waals surface area contributed by atoms with Crippen LogP contribution in [0.5, 0.6) is 0 Å². The predicted molar refractivity (Wildman–Crippen MR) is 81.5 cm³/mol. The summed E-state index contributed by atoms with van der Waals surface area (Å²) in [6.45, 7) is 4.50. The highest BCUT2D eigenvalue weighted by molar-refractivity contribution is 7.17. The minimum absolute atomic E-state index is 0.500. The van der Waals surface area contributed by atoms with Crippen LogP contribution in [0.25, 0.3) is 10.1 Å². The summed E-state index contributed by atoms with van der Waals surface area (Å²) in [5.41, 5.74) is 0. The van der Waals surface area contributed by atoms with Gasteiger partial charge in [-0.3, -0.25) is 0 Å². The van der Waals surface area contributed by atoms with Crippen LogP contribution in [0.3, 0.4) is 0 Å². The normalized spacial score (nSPS) is 12.8. The van der Waals surface area contributed by atoms with Crippen molar-refractivity contribution in [2.75, 3.05) is 5.32 Å². The molecule has 1 atom stereocenters. The van der Waals surface area contributed by atoms with E-state index in [0.29, 0.717) is 6.04 Å². The molecule has 3 heteroatoms. The molecule has 1 N–H and O–H groups in total. The maximum Gasteiger partial charge on any atom is 0.134 e. The Kier molecular flexibility index (Phi) is 5.00. The van der Waals surface area contributed by atoms with Crippen molar-refractivity contribution in [1.29, 1.82) is 0 Å². The van der Waals surface area contributed by atoms with Crippen molar-refractivity contribution >= 4 is 27.2 Å². The SMILES string of the molecule is CCCCCCC(C)Nc1nccc2sccc12. The Bertz CT molecular complexity index is 478. The second-order valence-corrected chi connectivity index (χ2v) is 5.83. The van der Waals surface area contributed by atoms with Gasteiger partial charge in [0.15, 0.2) is 0 Å². The molecule has 0 aromatic carbocycles. The zero-order valence-electron chi connectivity index (χ0n) is 11.3. The third-order valence-corrected chi connectivity index (χ3v) is 4.14. The maximum atomic E-state index is 4.46. The lowest BCUT2D eigenvalue weighted by Crippen LogP contribution is -2.15. The molecule has 0 spiro atoms. The number of thiophene rings is 1. The second kappa shape index (κ2) is 6.74. The fraction of sp³-hybridized carbons (Fsp3) is 0.533. The van der Waals surface area contributed by atoms with Crippen LogP contribution < -0.4 is 5.32 Å². The number of fused-ring (bicyclic) bond motifs is 1. The van der Waals surface area contributed by atoms with Crippen LogP contribution in [0, 0.1) is 0 Å². The Morgan fingerprint density at radius 3 is 3.00 bits per heavy atom. The van der Waals surface area contributed by atoms with Crippen molar-refractivity contribution in [2.24, 2.45) is 0 Å². The monoisotopic (exact) mass is 262 g/mol. The highest BCUT2D eigenvalue weighted by Crippen LogP contribution is 2.26. The molecular formula is C15H22N2S. The first kappa shape index (κ1) is 13.3. The van der Waals surface area contributed by atoms with Crippen LogP contribution in [0.4, 0.5) is 5.82 Å². The number of unbranched alkanes of at least 4 members (excludes halogenated alkanes) is 3.